The van der Waals surface area contributed by atoms with Crippen LogP contribution in [0.5, 0.6) is 0 Å². The summed E-state index contributed by atoms with van der Waals surface area (Å²) in [6, 6.07) is 1.24. The number of nitrogens with zero attached hydrogens (tertiary/aromatic N) is 6. The lowest BCUT2D eigenvalue weighted by Gasteiger charge is -2.12. The largest absolute Gasteiger partial charge is 0.331 e. The van der Waals surface area contributed by atoms with Gasteiger partial charge in [-0.3, -0.25) is 4.68 Å². The molecule has 3 heterocycles. The van der Waals surface area contributed by atoms with Crippen molar-refractivity contribution in [2.45, 2.75) is 13.0 Å². The van der Waals surface area contributed by atoms with E-state index in [1.807, 2.05) is 20.2 Å². The average Bonchev–Trinajstić information content (AvgIpc) is 3.17. The Hall–Kier alpha value is -3.23. The molecule has 0 aliphatic rings. The molecule has 1 unspecified atom stereocenters. The van der Waals surface area contributed by atoms with E-state index < -0.39 is 0 Å². The Balaban J connectivity index is 1.61. The Morgan fingerprint density at radius 3 is 2.65 bits per heavy atom. The monoisotopic (exact) mass is 312 g/mol. The zero-order valence-corrected chi connectivity index (χ0v) is 12.7. The maximum Gasteiger partial charge on any atom is 0.319 e. The highest BCUT2D eigenvalue weighted by Gasteiger charge is 2.12. The quantitative estimate of drug-likeness (QED) is 0.755. The summed E-state index contributed by atoms with van der Waals surface area (Å²) in [5, 5.41) is 13.8. The van der Waals surface area contributed by atoms with Gasteiger partial charge in [-0.1, -0.05) is 0 Å². The van der Waals surface area contributed by atoms with Gasteiger partial charge in [-0.15, -0.1) is 0 Å². The van der Waals surface area contributed by atoms with E-state index in [4.69, 9.17) is 0 Å². The first-order chi connectivity index (χ1) is 11.1. The molecule has 1 atom stereocenters. The highest BCUT2D eigenvalue weighted by molar-refractivity contribution is 5.89. The number of anilines is 1. The van der Waals surface area contributed by atoms with Crippen LogP contribution >= 0.6 is 0 Å². The standard InChI is InChI=1S/C14H16N8O/c1-10(11-6-17-21(2)8-11)19-14(23)20-12-7-18-22(9-12)13-15-4-3-5-16-13/h3-10H,1-2H3,(H2,19,20,23). The molecule has 0 aliphatic heterocycles. The highest BCUT2D eigenvalue weighted by atomic mass is 16.2. The third-order valence-corrected chi connectivity index (χ3v) is 3.17. The number of hydrogen-bond donors (Lipinski definition) is 2. The summed E-state index contributed by atoms with van der Waals surface area (Å²) in [6.45, 7) is 1.89. The molecule has 0 saturated heterocycles. The summed E-state index contributed by atoms with van der Waals surface area (Å²) >= 11 is 0. The lowest BCUT2D eigenvalue weighted by molar-refractivity contribution is 0.249. The number of urea groups is 1. The van der Waals surface area contributed by atoms with Gasteiger partial charge in [0.05, 0.1) is 30.3 Å². The number of carbonyl (C=O) groups excluding carboxylic acids is 1. The maximum absolute atomic E-state index is 12.0. The zero-order valence-electron chi connectivity index (χ0n) is 12.7. The van der Waals surface area contributed by atoms with Crippen molar-refractivity contribution in [3.05, 3.63) is 48.8 Å². The number of carbonyl (C=O) groups is 1. The Morgan fingerprint density at radius 1 is 1.17 bits per heavy atom. The van der Waals surface area contributed by atoms with Crippen molar-refractivity contribution in [2.24, 2.45) is 7.05 Å². The van der Waals surface area contributed by atoms with Crippen molar-refractivity contribution in [3.63, 3.8) is 0 Å². The minimum absolute atomic E-state index is 0.156. The van der Waals surface area contributed by atoms with Crippen LogP contribution in [0, 0.1) is 0 Å². The fraction of sp³-hybridized carbons (Fsp3) is 0.214. The molecule has 3 rings (SSSR count). The summed E-state index contributed by atoms with van der Waals surface area (Å²) in [4.78, 5) is 20.2. The van der Waals surface area contributed by atoms with Crippen molar-refractivity contribution in [1.82, 2.24) is 34.8 Å². The average molecular weight is 312 g/mol. The Labute approximate surface area is 132 Å². The van der Waals surface area contributed by atoms with E-state index in [0.717, 1.165) is 5.56 Å². The third kappa shape index (κ3) is 3.51. The predicted molar refractivity (Wildman–Crippen MR) is 82.9 cm³/mol. The van der Waals surface area contributed by atoms with Gasteiger partial charge in [0, 0.05) is 31.2 Å². The second kappa shape index (κ2) is 6.26. The van der Waals surface area contributed by atoms with Gasteiger partial charge in [-0.05, 0) is 13.0 Å². The second-order valence-electron chi connectivity index (χ2n) is 4.99. The van der Waals surface area contributed by atoms with Gasteiger partial charge in [0.25, 0.3) is 0 Å². The normalized spacial score (nSPS) is 11.9. The third-order valence-electron chi connectivity index (χ3n) is 3.17. The topological polar surface area (TPSA) is 103 Å². The molecule has 0 aliphatic carbocycles. The zero-order chi connectivity index (χ0) is 16.2. The van der Waals surface area contributed by atoms with Crippen LogP contribution in [0.3, 0.4) is 0 Å². The molecule has 2 amide bonds. The molecule has 0 aromatic carbocycles. The molecular weight excluding hydrogens is 296 g/mol. The minimum atomic E-state index is -0.324. The van der Waals surface area contributed by atoms with Gasteiger partial charge in [-0.25, -0.2) is 19.4 Å². The van der Waals surface area contributed by atoms with E-state index in [-0.39, 0.29) is 12.1 Å². The van der Waals surface area contributed by atoms with E-state index in [0.29, 0.717) is 11.6 Å². The summed E-state index contributed by atoms with van der Waals surface area (Å²) < 4.78 is 3.18. The molecule has 0 bridgehead atoms. The summed E-state index contributed by atoms with van der Waals surface area (Å²) in [6.07, 6.45) is 10.00. The van der Waals surface area contributed by atoms with Gasteiger partial charge in [0.1, 0.15) is 0 Å². The molecule has 118 valence electrons. The fourth-order valence-corrected chi connectivity index (χ4v) is 2.02. The van der Waals surface area contributed by atoms with Gasteiger partial charge >= 0.3 is 6.03 Å². The van der Waals surface area contributed by atoms with Crippen LogP contribution in [-0.4, -0.2) is 35.6 Å². The number of amides is 2. The van der Waals surface area contributed by atoms with E-state index in [2.05, 4.69) is 30.8 Å². The maximum atomic E-state index is 12.0. The molecule has 9 nitrogen and oxygen atoms in total. The lowest BCUT2D eigenvalue weighted by Crippen LogP contribution is -2.30. The van der Waals surface area contributed by atoms with E-state index in [1.165, 1.54) is 10.9 Å². The van der Waals surface area contributed by atoms with Crippen molar-refractivity contribution in [2.75, 3.05) is 5.32 Å². The summed E-state index contributed by atoms with van der Waals surface area (Å²) in [5.41, 5.74) is 1.48. The number of aryl methyl sites for hydroxylation is 1. The molecule has 3 aromatic rings. The van der Waals surface area contributed by atoms with Crippen molar-refractivity contribution >= 4 is 11.7 Å². The molecule has 3 aromatic heterocycles. The Bertz CT molecular complexity index is 794. The molecule has 0 spiro atoms. The first kappa shape index (κ1) is 14.7. The molecule has 23 heavy (non-hydrogen) atoms. The Kier molecular flexibility index (Phi) is 4.00. The first-order valence-electron chi connectivity index (χ1n) is 7.00. The summed E-state index contributed by atoms with van der Waals surface area (Å²) in [5.74, 6) is 0.435. The second-order valence-corrected chi connectivity index (χ2v) is 4.99. The van der Waals surface area contributed by atoms with Crippen LogP contribution in [0.2, 0.25) is 0 Å². The molecule has 0 fully saturated rings. The molecule has 0 saturated carbocycles. The molecular formula is C14H16N8O. The first-order valence-corrected chi connectivity index (χ1v) is 7.00. The van der Waals surface area contributed by atoms with Gasteiger partial charge < -0.3 is 10.6 Å². The predicted octanol–water partition coefficient (Wildman–Crippen LogP) is 1.28. The van der Waals surface area contributed by atoms with Crippen LogP contribution < -0.4 is 10.6 Å². The van der Waals surface area contributed by atoms with Crippen molar-refractivity contribution in [1.29, 1.82) is 0 Å². The fourth-order valence-electron chi connectivity index (χ4n) is 2.02. The van der Waals surface area contributed by atoms with E-state index in [9.17, 15) is 4.79 Å². The smallest absolute Gasteiger partial charge is 0.319 e. The lowest BCUT2D eigenvalue weighted by atomic mass is 10.2. The van der Waals surface area contributed by atoms with Crippen LogP contribution in [0.15, 0.2) is 43.2 Å². The molecule has 2 N–H and O–H groups in total. The highest BCUT2D eigenvalue weighted by Crippen LogP contribution is 2.12. The van der Waals surface area contributed by atoms with Crippen LogP contribution in [0.4, 0.5) is 10.5 Å². The molecule has 0 radical (unpaired) electrons. The van der Waals surface area contributed by atoms with E-state index in [1.54, 1.807) is 35.5 Å². The van der Waals surface area contributed by atoms with Crippen molar-refractivity contribution < 1.29 is 4.79 Å². The van der Waals surface area contributed by atoms with Crippen molar-refractivity contribution in [3.8, 4) is 5.95 Å². The van der Waals surface area contributed by atoms with Crippen LogP contribution in [0.25, 0.3) is 5.95 Å². The Morgan fingerprint density at radius 2 is 1.96 bits per heavy atom. The van der Waals surface area contributed by atoms with Gasteiger partial charge in [0.2, 0.25) is 5.95 Å². The molecule has 9 heteroatoms. The van der Waals surface area contributed by atoms with Gasteiger partial charge in [-0.2, -0.15) is 10.2 Å². The van der Waals surface area contributed by atoms with Gasteiger partial charge in [0.15, 0.2) is 0 Å². The number of rotatable bonds is 4. The summed E-state index contributed by atoms with van der Waals surface area (Å²) in [7, 11) is 1.83. The van der Waals surface area contributed by atoms with Crippen LogP contribution in [0.1, 0.15) is 18.5 Å². The van der Waals surface area contributed by atoms with E-state index >= 15 is 0 Å². The number of nitrogens with one attached hydrogen (secondary N) is 2. The van der Waals surface area contributed by atoms with Crippen LogP contribution in [-0.2, 0) is 7.05 Å². The number of aromatic nitrogens is 6. The number of hydrogen-bond acceptors (Lipinski definition) is 5. The minimum Gasteiger partial charge on any atom is -0.331 e. The SMILES string of the molecule is CC(NC(=O)Nc1cnn(-c2ncccn2)c1)c1cnn(C)c1.